The van der Waals surface area contributed by atoms with Crippen LogP contribution >= 0.6 is 0 Å². The first kappa shape index (κ1) is 14.6. The molecule has 106 valence electrons. The van der Waals surface area contributed by atoms with Crippen LogP contribution in [0.3, 0.4) is 0 Å². The molecule has 0 heterocycles. The van der Waals surface area contributed by atoms with E-state index >= 15 is 0 Å². The molecule has 0 aliphatic carbocycles. The van der Waals surface area contributed by atoms with Crippen molar-refractivity contribution in [2.45, 2.75) is 32.7 Å². The zero-order chi connectivity index (χ0) is 14.4. The van der Waals surface area contributed by atoms with Gasteiger partial charge in [-0.25, -0.2) is 0 Å². The minimum atomic E-state index is 0.376. The highest BCUT2D eigenvalue weighted by Gasteiger charge is 2.07. The molecule has 20 heavy (non-hydrogen) atoms. The Bertz CT molecular complexity index is 529. The summed E-state index contributed by atoms with van der Waals surface area (Å²) in [5.41, 5.74) is 2.59. The lowest BCUT2D eigenvalue weighted by Gasteiger charge is -2.15. The molecule has 2 aromatic rings. The van der Waals surface area contributed by atoms with E-state index in [9.17, 15) is 0 Å². The van der Waals surface area contributed by atoms with Crippen LogP contribution in [-0.2, 0) is 6.42 Å². The van der Waals surface area contributed by atoms with Gasteiger partial charge in [-0.1, -0.05) is 38.1 Å². The predicted octanol–water partition coefficient (Wildman–Crippen LogP) is 4.71. The van der Waals surface area contributed by atoms with Crippen molar-refractivity contribution in [1.29, 1.82) is 0 Å². The molecule has 1 atom stereocenters. The Hall–Kier alpha value is -1.80. The molecule has 0 bridgehead atoms. The first-order valence-electron chi connectivity index (χ1n) is 7.30. The summed E-state index contributed by atoms with van der Waals surface area (Å²) < 4.78 is 5.93. The van der Waals surface area contributed by atoms with E-state index in [-0.39, 0.29) is 0 Å². The van der Waals surface area contributed by atoms with Crippen molar-refractivity contribution < 1.29 is 4.74 Å². The monoisotopic (exact) mass is 269 g/mol. The summed E-state index contributed by atoms with van der Waals surface area (Å²) in [6.45, 7) is 4.33. The first-order chi connectivity index (χ1) is 9.76. The largest absolute Gasteiger partial charge is 0.457 e. The summed E-state index contributed by atoms with van der Waals surface area (Å²) in [4.78, 5) is 0. The molecule has 2 nitrogen and oxygen atoms in total. The molecule has 0 radical (unpaired) electrons. The third-order valence-corrected chi connectivity index (χ3v) is 3.58. The Labute approximate surface area is 121 Å². The van der Waals surface area contributed by atoms with Crippen molar-refractivity contribution in [2.75, 3.05) is 7.05 Å². The zero-order valence-corrected chi connectivity index (χ0v) is 12.5. The topological polar surface area (TPSA) is 21.3 Å². The number of rotatable bonds is 6. The fraction of sp³-hybridized carbons (Fsp3) is 0.333. The van der Waals surface area contributed by atoms with E-state index in [1.807, 2.05) is 31.3 Å². The summed E-state index contributed by atoms with van der Waals surface area (Å²) in [5.74, 6) is 1.78. The number of hydrogen-bond acceptors (Lipinski definition) is 2. The van der Waals surface area contributed by atoms with E-state index in [0.717, 1.165) is 24.3 Å². The van der Waals surface area contributed by atoms with Crippen molar-refractivity contribution >= 4 is 0 Å². The van der Waals surface area contributed by atoms with Gasteiger partial charge in [0.05, 0.1) is 0 Å². The van der Waals surface area contributed by atoms with Gasteiger partial charge in [0.15, 0.2) is 0 Å². The van der Waals surface area contributed by atoms with Crippen molar-refractivity contribution in [3.63, 3.8) is 0 Å². The number of hydrogen-bond donors (Lipinski definition) is 1. The Balaban J connectivity index is 2.14. The van der Waals surface area contributed by atoms with Crippen LogP contribution in [0.2, 0.25) is 0 Å². The van der Waals surface area contributed by atoms with Gasteiger partial charge in [0.2, 0.25) is 0 Å². The molecule has 0 spiro atoms. The van der Waals surface area contributed by atoms with Crippen LogP contribution in [-0.4, -0.2) is 7.05 Å². The second-order valence-corrected chi connectivity index (χ2v) is 4.92. The standard InChI is InChI=1S/C18H23NO/c1-4-14-9-11-16(12-10-14)20-17-8-6-7-15(13-17)18(5-2)19-3/h6-13,18-19H,4-5H2,1-3H3. The lowest BCUT2D eigenvalue weighted by Crippen LogP contribution is -2.14. The molecule has 0 amide bonds. The lowest BCUT2D eigenvalue weighted by atomic mass is 10.0. The van der Waals surface area contributed by atoms with Crippen molar-refractivity contribution in [1.82, 2.24) is 5.32 Å². The summed E-state index contributed by atoms with van der Waals surface area (Å²) in [6, 6.07) is 17.0. The Morgan fingerprint density at radius 3 is 2.35 bits per heavy atom. The van der Waals surface area contributed by atoms with Gasteiger partial charge in [-0.2, -0.15) is 0 Å². The maximum Gasteiger partial charge on any atom is 0.127 e. The van der Waals surface area contributed by atoms with E-state index in [1.54, 1.807) is 0 Å². The maximum absolute atomic E-state index is 5.93. The van der Waals surface area contributed by atoms with Gasteiger partial charge >= 0.3 is 0 Å². The van der Waals surface area contributed by atoms with Crippen LogP contribution in [0.4, 0.5) is 0 Å². The van der Waals surface area contributed by atoms with Crippen LogP contribution in [0.1, 0.15) is 37.4 Å². The quantitative estimate of drug-likeness (QED) is 0.820. The SMILES string of the molecule is CCc1ccc(Oc2cccc(C(CC)NC)c2)cc1. The third-order valence-electron chi connectivity index (χ3n) is 3.58. The maximum atomic E-state index is 5.93. The zero-order valence-electron chi connectivity index (χ0n) is 12.5. The van der Waals surface area contributed by atoms with Crippen LogP contribution in [0, 0.1) is 0 Å². The van der Waals surface area contributed by atoms with Crippen molar-refractivity contribution in [3.8, 4) is 11.5 Å². The summed E-state index contributed by atoms with van der Waals surface area (Å²) in [6.07, 6.45) is 2.11. The van der Waals surface area contributed by atoms with Gasteiger partial charge < -0.3 is 10.1 Å². The van der Waals surface area contributed by atoms with E-state index in [2.05, 4.69) is 43.4 Å². The van der Waals surface area contributed by atoms with Gasteiger partial charge in [0.1, 0.15) is 11.5 Å². The fourth-order valence-corrected chi connectivity index (χ4v) is 2.33. The van der Waals surface area contributed by atoms with Crippen LogP contribution in [0.25, 0.3) is 0 Å². The first-order valence-corrected chi connectivity index (χ1v) is 7.30. The van der Waals surface area contributed by atoms with Crippen molar-refractivity contribution in [3.05, 3.63) is 59.7 Å². The Morgan fingerprint density at radius 2 is 1.75 bits per heavy atom. The van der Waals surface area contributed by atoms with Gasteiger partial charge in [-0.15, -0.1) is 0 Å². The summed E-state index contributed by atoms with van der Waals surface area (Å²) >= 11 is 0. The van der Waals surface area contributed by atoms with E-state index in [1.165, 1.54) is 11.1 Å². The van der Waals surface area contributed by atoms with E-state index in [4.69, 9.17) is 4.74 Å². The summed E-state index contributed by atoms with van der Waals surface area (Å²) in [5, 5.41) is 3.32. The number of benzene rings is 2. The highest BCUT2D eigenvalue weighted by Crippen LogP contribution is 2.26. The second-order valence-electron chi connectivity index (χ2n) is 4.92. The average molecular weight is 269 g/mol. The summed E-state index contributed by atoms with van der Waals surface area (Å²) in [7, 11) is 1.99. The predicted molar refractivity (Wildman–Crippen MR) is 84.4 cm³/mol. The molecule has 2 rings (SSSR count). The molecule has 0 aliphatic rings. The molecule has 2 heteroatoms. The highest BCUT2D eigenvalue weighted by molar-refractivity contribution is 5.36. The molecule has 0 saturated heterocycles. The Kier molecular flexibility index (Phi) is 5.19. The minimum Gasteiger partial charge on any atom is -0.457 e. The third kappa shape index (κ3) is 3.61. The van der Waals surface area contributed by atoms with E-state index < -0.39 is 0 Å². The molecule has 0 aromatic heterocycles. The molecular weight excluding hydrogens is 246 g/mol. The van der Waals surface area contributed by atoms with Gasteiger partial charge in [-0.05, 0) is 55.3 Å². The van der Waals surface area contributed by atoms with E-state index in [0.29, 0.717) is 6.04 Å². The van der Waals surface area contributed by atoms with Crippen LogP contribution in [0.15, 0.2) is 48.5 Å². The molecule has 2 aromatic carbocycles. The number of nitrogens with one attached hydrogen (secondary N) is 1. The van der Waals surface area contributed by atoms with Crippen molar-refractivity contribution in [2.24, 2.45) is 0 Å². The minimum absolute atomic E-state index is 0.376. The Morgan fingerprint density at radius 1 is 1.00 bits per heavy atom. The lowest BCUT2D eigenvalue weighted by molar-refractivity contribution is 0.479. The van der Waals surface area contributed by atoms with Gasteiger partial charge in [-0.3, -0.25) is 0 Å². The van der Waals surface area contributed by atoms with Gasteiger partial charge in [0.25, 0.3) is 0 Å². The molecule has 0 fully saturated rings. The molecule has 0 saturated carbocycles. The molecule has 1 unspecified atom stereocenters. The molecular formula is C18H23NO. The highest BCUT2D eigenvalue weighted by atomic mass is 16.5. The van der Waals surface area contributed by atoms with Crippen LogP contribution in [0.5, 0.6) is 11.5 Å². The fourth-order valence-electron chi connectivity index (χ4n) is 2.33. The number of aryl methyl sites for hydroxylation is 1. The second kappa shape index (κ2) is 7.11. The smallest absolute Gasteiger partial charge is 0.127 e. The average Bonchev–Trinajstić information content (AvgIpc) is 2.50. The van der Waals surface area contributed by atoms with Gasteiger partial charge in [0, 0.05) is 6.04 Å². The van der Waals surface area contributed by atoms with Crippen LogP contribution < -0.4 is 10.1 Å². The number of ether oxygens (including phenoxy) is 1. The normalized spacial score (nSPS) is 12.2. The molecule has 0 aliphatic heterocycles. The molecule has 1 N–H and O–H groups in total.